The minimum absolute atomic E-state index is 0.0330. The number of piperidine rings is 1. The molecule has 4 nitrogen and oxygen atoms in total. The monoisotopic (exact) mass is 296 g/mol. The number of rotatable bonds is 2. The van der Waals surface area contributed by atoms with Gasteiger partial charge in [-0.3, -0.25) is 9.59 Å². The summed E-state index contributed by atoms with van der Waals surface area (Å²) in [4.78, 5) is 26.1. The Morgan fingerprint density at radius 2 is 1.73 bits per heavy atom. The molecule has 0 unspecified atom stereocenters. The first-order valence-electron chi connectivity index (χ1n) is 7.68. The fourth-order valence-corrected chi connectivity index (χ4v) is 3.05. The first-order valence-corrected chi connectivity index (χ1v) is 7.68. The van der Waals surface area contributed by atoms with Crippen LogP contribution < -0.4 is 5.32 Å². The number of carbonyl (C=O) groups is 2. The lowest BCUT2D eigenvalue weighted by atomic mass is 9.95. The SMILES string of the molecule is CNC(=O)C1CCN(C(=O)c2ccc3ccccc3c2)CC1. The maximum atomic E-state index is 12.6. The first kappa shape index (κ1) is 14.6. The number of likely N-dealkylation sites (tertiary alicyclic amines) is 1. The minimum atomic E-state index is 0.0330. The highest BCUT2D eigenvalue weighted by Crippen LogP contribution is 2.21. The van der Waals surface area contributed by atoms with Crippen molar-refractivity contribution in [3.05, 3.63) is 48.0 Å². The summed E-state index contributed by atoms with van der Waals surface area (Å²) in [7, 11) is 1.66. The summed E-state index contributed by atoms with van der Waals surface area (Å²) in [5.74, 6) is 0.171. The van der Waals surface area contributed by atoms with Crippen LogP contribution in [0.5, 0.6) is 0 Å². The van der Waals surface area contributed by atoms with E-state index < -0.39 is 0 Å². The van der Waals surface area contributed by atoms with E-state index in [1.54, 1.807) is 7.05 Å². The second-order valence-corrected chi connectivity index (χ2v) is 5.74. The quantitative estimate of drug-likeness (QED) is 0.925. The maximum Gasteiger partial charge on any atom is 0.253 e. The molecule has 1 heterocycles. The van der Waals surface area contributed by atoms with Crippen LogP contribution >= 0.6 is 0 Å². The smallest absolute Gasteiger partial charge is 0.253 e. The third-order valence-electron chi connectivity index (χ3n) is 4.40. The molecule has 114 valence electrons. The van der Waals surface area contributed by atoms with Crippen LogP contribution in [0.3, 0.4) is 0 Å². The van der Waals surface area contributed by atoms with Gasteiger partial charge in [-0.1, -0.05) is 30.3 Å². The summed E-state index contributed by atoms with van der Waals surface area (Å²) in [6.45, 7) is 1.29. The summed E-state index contributed by atoms with van der Waals surface area (Å²) in [6, 6.07) is 13.8. The highest BCUT2D eigenvalue weighted by atomic mass is 16.2. The van der Waals surface area contributed by atoms with Crippen LogP contribution in [0.25, 0.3) is 10.8 Å². The predicted molar refractivity (Wildman–Crippen MR) is 86.6 cm³/mol. The van der Waals surface area contributed by atoms with Gasteiger partial charge in [0.15, 0.2) is 0 Å². The van der Waals surface area contributed by atoms with E-state index in [1.165, 1.54) is 0 Å². The molecule has 0 atom stereocenters. The molecule has 1 fully saturated rings. The molecule has 22 heavy (non-hydrogen) atoms. The third-order valence-corrected chi connectivity index (χ3v) is 4.40. The van der Waals surface area contributed by atoms with E-state index in [9.17, 15) is 9.59 Å². The van der Waals surface area contributed by atoms with Crippen molar-refractivity contribution >= 4 is 22.6 Å². The molecule has 2 amide bonds. The third kappa shape index (κ3) is 2.82. The number of amides is 2. The van der Waals surface area contributed by atoms with Gasteiger partial charge in [0.1, 0.15) is 0 Å². The van der Waals surface area contributed by atoms with Gasteiger partial charge < -0.3 is 10.2 Å². The summed E-state index contributed by atoms with van der Waals surface area (Å²) < 4.78 is 0. The summed E-state index contributed by atoms with van der Waals surface area (Å²) in [6.07, 6.45) is 1.47. The van der Waals surface area contributed by atoms with Crippen LogP contribution in [0.2, 0.25) is 0 Å². The van der Waals surface area contributed by atoms with Gasteiger partial charge in [-0.25, -0.2) is 0 Å². The fourth-order valence-electron chi connectivity index (χ4n) is 3.05. The van der Waals surface area contributed by atoms with Crippen molar-refractivity contribution in [1.82, 2.24) is 10.2 Å². The first-order chi connectivity index (χ1) is 10.7. The molecule has 0 bridgehead atoms. The second kappa shape index (κ2) is 6.18. The van der Waals surface area contributed by atoms with Crippen LogP contribution in [-0.4, -0.2) is 36.9 Å². The zero-order chi connectivity index (χ0) is 15.5. The van der Waals surface area contributed by atoms with Gasteiger partial charge in [0, 0.05) is 31.6 Å². The molecule has 0 aromatic heterocycles. The molecular weight excluding hydrogens is 276 g/mol. The molecule has 0 aliphatic carbocycles. The van der Waals surface area contributed by atoms with E-state index in [0.29, 0.717) is 13.1 Å². The molecule has 1 saturated heterocycles. The van der Waals surface area contributed by atoms with E-state index in [2.05, 4.69) is 5.32 Å². The Kier molecular flexibility index (Phi) is 4.09. The Morgan fingerprint density at radius 3 is 2.41 bits per heavy atom. The molecule has 3 rings (SSSR count). The summed E-state index contributed by atoms with van der Waals surface area (Å²) in [5.41, 5.74) is 0.720. The van der Waals surface area contributed by atoms with E-state index in [1.807, 2.05) is 47.4 Å². The number of fused-ring (bicyclic) bond motifs is 1. The number of benzene rings is 2. The Morgan fingerprint density at radius 1 is 1.05 bits per heavy atom. The number of carbonyl (C=O) groups excluding carboxylic acids is 2. The number of nitrogens with zero attached hydrogens (tertiary/aromatic N) is 1. The molecule has 1 N–H and O–H groups in total. The molecule has 0 spiro atoms. The molecule has 1 aliphatic rings. The van der Waals surface area contributed by atoms with Crippen molar-refractivity contribution in [3.63, 3.8) is 0 Å². The number of hydrogen-bond acceptors (Lipinski definition) is 2. The standard InChI is InChI=1S/C18H20N2O2/c1-19-17(21)14-8-10-20(11-9-14)18(22)16-7-6-13-4-2-3-5-15(13)12-16/h2-7,12,14H,8-11H2,1H3,(H,19,21). The summed E-state index contributed by atoms with van der Waals surface area (Å²) >= 11 is 0. The van der Waals surface area contributed by atoms with Crippen molar-refractivity contribution in [2.45, 2.75) is 12.8 Å². The van der Waals surface area contributed by atoms with E-state index in [4.69, 9.17) is 0 Å². The Labute approximate surface area is 130 Å². The van der Waals surface area contributed by atoms with Crippen LogP contribution in [0.15, 0.2) is 42.5 Å². The molecule has 0 radical (unpaired) electrons. The highest BCUT2D eigenvalue weighted by molar-refractivity contribution is 5.98. The van der Waals surface area contributed by atoms with Crippen LogP contribution in [0.1, 0.15) is 23.2 Å². The lowest BCUT2D eigenvalue weighted by Crippen LogP contribution is -2.42. The van der Waals surface area contributed by atoms with Gasteiger partial charge in [0.05, 0.1) is 0 Å². The van der Waals surface area contributed by atoms with Gasteiger partial charge in [0.2, 0.25) is 5.91 Å². The average molecular weight is 296 g/mol. The largest absolute Gasteiger partial charge is 0.359 e. The average Bonchev–Trinajstić information content (AvgIpc) is 2.60. The summed E-state index contributed by atoms with van der Waals surface area (Å²) in [5, 5.41) is 4.90. The second-order valence-electron chi connectivity index (χ2n) is 5.74. The molecule has 0 saturated carbocycles. The molecule has 2 aromatic carbocycles. The zero-order valence-corrected chi connectivity index (χ0v) is 12.7. The van der Waals surface area contributed by atoms with Gasteiger partial charge in [-0.05, 0) is 35.7 Å². The van der Waals surface area contributed by atoms with Gasteiger partial charge in [-0.15, -0.1) is 0 Å². The number of nitrogens with one attached hydrogen (secondary N) is 1. The lowest BCUT2D eigenvalue weighted by molar-refractivity contribution is -0.125. The van der Waals surface area contributed by atoms with Gasteiger partial charge in [-0.2, -0.15) is 0 Å². The van der Waals surface area contributed by atoms with Crippen LogP contribution in [0, 0.1) is 5.92 Å². The topological polar surface area (TPSA) is 49.4 Å². The molecule has 4 heteroatoms. The van der Waals surface area contributed by atoms with E-state index in [0.717, 1.165) is 29.2 Å². The Hall–Kier alpha value is -2.36. The van der Waals surface area contributed by atoms with E-state index in [-0.39, 0.29) is 17.7 Å². The predicted octanol–water partition coefficient (Wildman–Crippen LogP) is 2.44. The highest BCUT2D eigenvalue weighted by Gasteiger charge is 2.27. The van der Waals surface area contributed by atoms with Crippen molar-refractivity contribution in [2.24, 2.45) is 5.92 Å². The maximum absolute atomic E-state index is 12.6. The van der Waals surface area contributed by atoms with Crippen LogP contribution in [0.4, 0.5) is 0 Å². The van der Waals surface area contributed by atoms with Crippen molar-refractivity contribution in [3.8, 4) is 0 Å². The fraction of sp³-hybridized carbons (Fsp3) is 0.333. The van der Waals surface area contributed by atoms with Gasteiger partial charge >= 0.3 is 0 Å². The lowest BCUT2D eigenvalue weighted by Gasteiger charge is -2.31. The van der Waals surface area contributed by atoms with Crippen molar-refractivity contribution in [1.29, 1.82) is 0 Å². The zero-order valence-electron chi connectivity index (χ0n) is 12.7. The normalized spacial score (nSPS) is 15.8. The Bertz CT molecular complexity index is 703. The van der Waals surface area contributed by atoms with E-state index >= 15 is 0 Å². The molecule has 2 aromatic rings. The number of hydrogen-bond donors (Lipinski definition) is 1. The van der Waals surface area contributed by atoms with Gasteiger partial charge in [0.25, 0.3) is 5.91 Å². The molecular formula is C18H20N2O2. The minimum Gasteiger partial charge on any atom is -0.359 e. The van der Waals surface area contributed by atoms with Crippen molar-refractivity contribution < 1.29 is 9.59 Å². The molecule has 1 aliphatic heterocycles. The van der Waals surface area contributed by atoms with Crippen molar-refractivity contribution in [2.75, 3.05) is 20.1 Å². The Balaban J connectivity index is 1.72. The van der Waals surface area contributed by atoms with Crippen LogP contribution in [-0.2, 0) is 4.79 Å².